The van der Waals surface area contributed by atoms with Crippen molar-refractivity contribution in [2.24, 2.45) is 0 Å². The van der Waals surface area contributed by atoms with Crippen molar-refractivity contribution >= 4 is 23.4 Å². The van der Waals surface area contributed by atoms with E-state index in [2.05, 4.69) is 30.8 Å². The minimum atomic E-state index is -0.215. The highest BCUT2D eigenvalue weighted by molar-refractivity contribution is 5.89. The quantitative estimate of drug-likeness (QED) is 0.695. The lowest BCUT2D eigenvalue weighted by Gasteiger charge is -2.17. The number of aromatic nitrogens is 2. The molecule has 0 bridgehead atoms. The minimum absolute atomic E-state index is 0.215. The molecule has 1 aliphatic rings. The molecule has 1 aromatic heterocycles. The zero-order chi connectivity index (χ0) is 18.4. The molecule has 0 aliphatic carbocycles. The average Bonchev–Trinajstić information content (AvgIpc) is 3.15. The SMILES string of the molecule is Cc1ccc(NC(=O)NCCNc2cc(N3CCCC3)nc(C)n2)cc1. The minimum Gasteiger partial charge on any atom is -0.368 e. The van der Waals surface area contributed by atoms with E-state index in [0.717, 1.165) is 41.8 Å². The van der Waals surface area contributed by atoms with Gasteiger partial charge in [0.2, 0.25) is 0 Å². The molecule has 1 fully saturated rings. The van der Waals surface area contributed by atoms with Crippen molar-refractivity contribution in [1.82, 2.24) is 15.3 Å². The van der Waals surface area contributed by atoms with Crippen molar-refractivity contribution in [3.05, 3.63) is 41.7 Å². The van der Waals surface area contributed by atoms with Gasteiger partial charge in [0, 0.05) is 37.9 Å². The number of urea groups is 1. The highest BCUT2D eigenvalue weighted by Gasteiger charge is 2.14. The molecular formula is C19H26N6O. The summed E-state index contributed by atoms with van der Waals surface area (Å²) in [5, 5.41) is 8.90. The summed E-state index contributed by atoms with van der Waals surface area (Å²) < 4.78 is 0. The van der Waals surface area contributed by atoms with E-state index in [0.29, 0.717) is 13.1 Å². The first kappa shape index (κ1) is 18.0. The zero-order valence-corrected chi connectivity index (χ0v) is 15.4. The molecule has 1 aliphatic heterocycles. The Balaban J connectivity index is 1.44. The van der Waals surface area contributed by atoms with Crippen LogP contribution in [0.3, 0.4) is 0 Å². The van der Waals surface area contributed by atoms with Crippen LogP contribution in [0.5, 0.6) is 0 Å². The van der Waals surface area contributed by atoms with Gasteiger partial charge in [-0.3, -0.25) is 0 Å². The summed E-state index contributed by atoms with van der Waals surface area (Å²) in [5.74, 6) is 2.52. The molecule has 0 saturated carbocycles. The first-order chi connectivity index (χ1) is 12.6. The molecule has 7 heteroatoms. The molecular weight excluding hydrogens is 328 g/mol. The van der Waals surface area contributed by atoms with Gasteiger partial charge in [-0.1, -0.05) is 17.7 Å². The molecule has 3 N–H and O–H groups in total. The Morgan fingerprint density at radius 1 is 1.08 bits per heavy atom. The van der Waals surface area contributed by atoms with Crippen molar-refractivity contribution in [3.8, 4) is 0 Å². The highest BCUT2D eigenvalue weighted by Crippen LogP contribution is 2.20. The molecule has 0 radical (unpaired) electrons. The van der Waals surface area contributed by atoms with E-state index in [9.17, 15) is 4.79 Å². The van der Waals surface area contributed by atoms with E-state index in [1.165, 1.54) is 12.8 Å². The van der Waals surface area contributed by atoms with Gasteiger partial charge in [-0.25, -0.2) is 14.8 Å². The van der Waals surface area contributed by atoms with Crippen molar-refractivity contribution < 1.29 is 4.79 Å². The number of benzene rings is 1. The summed E-state index contributed by atoms with van der Waals surface area (Å²) in [4.78, 5) is 23.1. The van der Waals surface area contributed by atoms with Crippen molar-refractivity contribution in [2.45, 2.75) is 26.7 Å². The molecule has 138 valence electrons. The maximum absolute atomic E-state index is 11.9. The Bertz CT molecular complexity index is 740. The number of anilines is 3. The van der Waals surface area contributed by atoms with Crippen LogP contribution >= 0.6 is 0 Å². The number of aryl methyl sites for hydroxylation is 2. The van der Waals surface area contributed by atoms with Crippen molar-refractivity contribution in [2.75, 3.05) is 41.7 Å². The molecule has 7 nitrogen and oxygen atoms in total. The third-order valence-electron chi connectivity index (χ3n) is 4.28. The highest BCUT2D eigenvalue weighted by atomic mass is 16.2. The van der Waals surface area contributed by atoms with Gasteiger partial charge in [0.05, 0.1) is 0 Å². The van der Waals surface area contributed by atoms with Gasteiger partial charge in [0.25, 0.3) is 0 Å². The predicted molar refractivity (Wildman–Crippen MR) is 105 cm³/mol. The number of amides is 2. The van der Waals surface area contributed by atoms with Crippen LogP contribution < -0.4 is 20.9 Å². The number of nitrogens with zero attached hydrogens (tertiary/aromatic N) is 3. The lowest BCUT2D eigenvalue weighted by molar-refractivity contribution is 0.252. The Morgan fingerprint density at radius 3 is 2.54 bits per heavy atom. The second-order valence-electron chi connectivity index (χ2n) is 6.53. The predicted octanol–water partition coefficient (Wildman–Crippen LogP) is 2.93. The monoisotopic (exact) mass is 354 g/mol. The third kappa shape index (κ3) is 5.08. The van der Waals surface area contributed by atoms with E-state index in [1.54, 1.807) is 0 Å². The number of nitrogens with one attached hydrogen (secondary N) is 3. The molecule has 1 saturated heterocycles. The Labute approximate surface area is 154 Å². The van der Waals surface area contributed by atoms with Crippen LogP contribution in [0.25, 0.3) is 0 Å². The summed E-state index contributed by atoms with van der Waals surface area (Å²) in [6.07, 6.45) is 2.43. The molecule has 2 amide bonds. The topological polar surface area (TPSA) is 82.2 Å². The summed E-state index contributed by atoms with van der Waals surface area (Å²) in [6, 6.07) is 9.46. The van der Waals surface area contributed by atoms with Crippen LogP contribution in [0.2, 0.25) is 0 Å². The normalized spacial score (nSPS) is 13.5. The molecule has 2 heterocycles. The first-order valence-electron chi connectivity index (χ1n) is 9.06. The lowest BCUT2D eigenvalue weighted by atomic mass is 10.2. The van der Waals surface area contributed by atoms with E-state index in [-0.39, 0.29) is 6.03 Å². The van der Waals surface area contributed by atoms with Gasteiger partial charge in [0.1, 0.15) is 17.5 Å². The second kappa shape index (κ2) is 8.51. The second-order valence-corrected chi connectivity index (χ2v) is 6.53. The summed E-state index contributed by atoms with van der Waals surface area (Å²) in [5.41, 5.74) is 1.94. The van der Waals surface area contributed by atoms with E-state index < -0.39 is 0 Å². The number of hydrogen-bond donors (Lipinski definition) is 3. The number of carbonyl (C=O) groups is 1. The molecule has 3 rings (SSSR count). The number of rotatable bonds is 6. The van der Waals surface area contributed by atoms with Crippen LogP contribution in [-0.2, 0) is 0 Å². The Kier molecular flexibility index (Phi) is 5.88. The van der Waals surface area contributed by atoms with Crippen LogP contribution in [0.1, 0.15) is 24.2 Å². The smallest absolute Gasteiger partial charge is 0.319 e. The molecule has 2 aromatic rings. The molecule has 1 aromatic carbocycles. The van der Waals surface area contributed by atoms with Gasteiger partial charge in [0.15, 0.2) is 0 Å². The van der Waals surface area contributed by atoms with E-state index in [1.807, 2.05) is 44.2 Å². The lowest BCUT2D eigenvalue weighted by Crippen LogP contribution is -2.32. The largest absolute Gasteiger partial charge is 0.368 e. The molecule has 0 unspecified atom stereocenters. The van der Waals surface area contributed by atoms with Gasteiger partial charge < -0.3 is 20.9 Å². The maximum atomic E-state index is 11.9. The van der Waals surface area contributed by atoms with E-state index >= 15 is 0 Å². The fourth-order valence-electron chi connectivity index (χ4n) is 2.93. The van der Waals surface area contributed by atoms with Crippen LogP contribution in [-0.4, -0.2) is 42.2 Å². The third-order valence-corrected chi connectivity index (χ3v) is 4.28. The first-order valence-corrected chi connectivity index (χ1v) is 9.06. The molecule has 0 atom stereocenters. The molecule has 26 heavy (non-hydrogen) atoms. The fourth-order valence-corrected chi connectivity index (χ4v) is 2.93. The van der Waals surface area contributed by atoms with E-state index in [4.69, 9.17) is 0 Å². The summed E-state index contributed by atoms with van der Waals surface area (Å²) in [6.45, 7) is 7.11. The standard InChI is InChI=1S/C19H26N6O/c1-14-5-7-16(8-6-14)24-19(26)21-10-9-20-17-13-18(23-15(2)22-17)25-11-3-4-12-25/h5-8,13H,3-4,9-12H2,1-2H3,(H,20,22,23)(H2,21,24,26). The summed E-state index contributed by atoms with van der Waals surface area (Å²) in [7, 11) is 0. The summed E-state index contributed by atoms with van der Waals surface area (Å²) >= 11 is 0. The Hall–Kier alpha value is -2.83. The number of hydrogen-bond acceptors (Lipinski definition) is 5. The van der Waals surface area contributed by atoms with Crippen LogP contribution in [0.15, 0.2) is 30.3 Å². The van der Waals surface area contributed by atoms with Gasteiger partial charge in [-0.05, 0) is 38.8 Å². The average molecular weight is 354 g/mol. The fraction of sp³-hybridized carbons (Fsp3) is 0.421. The van der Waals surface area contributed by atoms with Crippen molar-refractivity contribution in [3.63, 3.8) is 0 Å². The Morgan fingerprint density at radius 2 is 1.81 bits per heavy atom. The molecule has 0 spiro atoms. The zero-order valence-electron chi connectivity index (χ0n) is 15.4. The van der Waals surface area contributed by atoms with Crippen LogP contribution in [0, 0.1) is 13.8 Å². The van der Waals surface area contributed by atoms with Gasteiger partial charge in [-0.15, -0.1) is 0 Å². The van der Waals surface area contributed by atoms with Gasteiger partial charge in [-0.2, -0.15) is 0 Å². The van der Waals surface area contributed by atoms with Crippen LogP contribution in [0.4, 0.5) is 22.1 Å². The number of carbonyl (C=O) groups excluding carboxylic acids is 1. The van der Waals surface area contributed by atoms with Crippen molar-refractivity contribution in [1.29, 1.82) is 0 Å². The maximum Gasteiger partial charge on any atom is 0.319 e. The van der Waals surface area contributed by atoms with Gasteiger partial charge >= 0.3 is 6.03 Å².